The van der Waals surface area contributed by atoms with Gasteiger partial charge in [0.2, 0.25) is 0 Å². The Hall–Kier alpha value is -3.01. The van der Waals surface area contributed by atoms with Crippen LogP contribution in [0.4, 0.5) is 0 Å². The fourth-order valence-corrected chi connectivity index (χ4v) is 9.71. The van der Waals surface area contributed by atoms with E-state index in [9.17, 15) is 14.4 Å². The van der Waals surface area contributed by atoms with E-state index in [-0.39, 0.29) is 64.6 Å². The minimum atomic E-state index is -0.406. The Morgan fingerprint density at radius 3 is 1.42 bits per heavy atom. The highest BCUT2D eigenvalue weighted by Gasteiger charge is 2.39. The minimum Gasteiger partial charge on any atom is -0.426 e. The SMILES string of the molecule is C=C(C)[C@@H]1CCC(C)=C[C@H]1c1c(OC(=O)CC2(CN)CCCCC2)cc(OC(=O)CC2(CN)CCCCC2)cc1OC(=O)CC1(CN)CCCCC1. The molecule has 0 radical (unpaired) electrons. The summed E-state index contributed by atoms with van der Waals surface area (Å²) in [6, 6.07) is 3.26. The molecule has 0 heterocycles. The van der Waals surface area contributed by atoms with Crippen LogP contribution >= 0.6 is 0 Å². The summed E-state index contributed by atoms with van der Waals surface area (Å²) < 4.78 is 18.7. The van der Waals surface area contributed by atoms with Crippen molar-refractivity contribution in [2.75, 3.05) is 19.6 Å². The summed E-state index contributed by atoms with van der Waals surface area (Å²) in [4.78, 5) is 41.5. The van der Waals surface area contributed by atoms with Crippen molar-refractivity contribution in [3.8, 4) is 17.2 Å². The van der Waals surface area contributed by atoms with Crippen LogP contribution in [-0.2, 0) is 14.4 Å². The zero-order chi connectivity index (χ0) is 37.4. The van der Waals surface area contributed by atoms with Gasteiger partial charge in [-0.2, -0.15) is 0 Å². The highest BCUT2D eigenvalue weighted by molar-refractivity contribution is 5.78. The van der Waals surface area contributed by atoms with Crippen molar-refractivity contribution in [2.24, 2.45) is 39.4 Å². The third-order valence-electron chi connectivity index (χ3n) is 13.1. The third kappa shape index (κ3) is 9.94. The molecule has 2 atom stereocenters. The molecular formula is C43H65N3O6. The van der Waals surface area contributed by atoms with E-state index in [0.29, 0.717) is 25.2 Å². The molecule has 1 aromatic rings. The molecule has 0 aliphatic heterocycles. The molecule has 3 saturated carbocycles. The van der Waals surface area contributed by atoms with Gasteiger partial charge in [0.15, 0.2) is 0 Å². The highest BCUT2D eigenvalue weighted by Crippen LogP contribution is 2.50. The molecule has 9 nitrogen and oxygen atoms in total. The van der Waals surface area contributed by atoms with E-state index in [1.807, 2.05) is 6.92 Å². The topological polar surface area (TPSA) is 157 Å². The zero-order valence-corrected chi connectivity index (χ0v) is 32.0. The predicted molar refractivity (Wildman–Crippen MR) is 205 cm³/mol. The lowest BCUT2D eigenvalue weighted by molar-refractivity contribution is -0.138. The fraction of sp³-hybridized carbons (Fsp3) is 0.698. The highest BCUT2D eigenvalue weighted by atomic mass is 16.6. The van der Waals surface area contributed by atoms with Crippen molar-refractivity contribution in [1.82, 2.24) is 0 Å². The van der Waals surface area contributed by atoms with Crippen LogP contribution in [0.1, 0.15) is 154 Å². The first kappa shape index (κ1) is 40.2. The number of carbonyl (C=O) groups excluding carboxylic acids is 3. The molecule has 0 bridgehead atoms. The first-order valence-electron chi connectivity index (χ1n) is 20.2. The number of nitrogens with two attached hydrogens (primary N) is 3. The quantitative estimate of drug-likeness (QED) is 0.0977. The second kappa shape index (κ2) is 17.9. The maximum atomic E-state index is 14.0. The van der Waals surface area contributed by atoms with Crippen molar-refractivity contribution < 1.29 is 28.6 Å². The van der Waals surface area contributed by atoms with E-state index in [2.05, 4.69) is 19.6 Å². The van der Waals surface area contributed by atoms with E-state index < -0.39 is 17.9 Å². The Bertz CT molecular complexity index is 1400. The fourth-order valence-electron chi connectivity index (χ4n) is 9.71. The van der Waals surface area contributed by atoms with Gasteiger partial charge in [0.05, 0.1) is 19.3 Å². The van der Waals surface area contributed by atoms with Gasteiger partial charge in [-0.3, -0.25) is 14.4 Å². The van der Waals surface area contributed by atoms with Gasteiger partial charge in [-0.1, -0.05) is 81.6 Å². The maximum Gasteiger partial charge on any atom is 0.311 e. The van der Waals surface area contributed by atoms with Gasteiger partial charge in [0.1, 0.15) is 17.2 Å². The van der Waals surface area contributed by atoms with E-state index in [1.165, 1.54) is 5.57 Å². The van der Waals surface area contributed by atoms with Crippen molar-refractivity contribution in [1.29, 1.82) is 0 Å². The number of hydrogen-bond donors (Lipinski definition) is 3. The number of esters is 3. The Morgan fingerprint density at radius 2 is 1.06 bits per heavy atom. The van der Waals surface area contributed by atoms with Crippen LogP contribution in [0.5, 0.6) is 17.2 Å². The lowest BCUT2D eigenvalue weighted by Gasteiger charge is -2.36. The van der Waals surface area contributed by atoms with Crippen molar-refractivity contribution in [2.45, 2.75) is 148 Å². The predicted octanol–water partition coefficient (Wildman–Crippen LogP) is 8.32. The molecule has 288 valence electrons. The molecule has 4 aliphatic rings. The van der Waals surface area contributed by atoms with Gasteiger partial charge >= 0.3 is 17.9 Å². The first-order valence-corrected chi connectivity index (χ1v) is 20.2. The van der Waals surface area contributed by atoms with Crippen LogP contribution in [0.2, 0.25) is 0 Å². The smallest absolute Gasteiger partial charge is 0.311 e. The number of ether oxygens (including phenoxy) is 3. The summed E-state index contributed by atoms with van der Waals surface area (Å²) in [5, 5.41) is 0. The van der Waals surface area contributed by atoms with Crippen molar-refractivity contribution in [3.05, 3.63) is 41.5 Å². The Morgan fingerprint density at radius 1 is 0.673 bits per heavy atom. The molecule has 6 N–H and O–H groups in total. The van der Waals surface area contributed by atoms with Gasteiger partial charge in [-0.15, -0.1) is 0 Å². The lowest BCUT2D eigenvalue weighted by Crippen LogP contribution is -2.36. The monoisotopic (exact) mass is 719 g/mol. The third-order valence-corrected chi connectivity index (χ3v) is 13.1. The van der Waals surface area contributed by atoms with Crippen LogP contribution in [0.15, 0.2) is 35.9 Å². The lowest BCUT2D eigenvalue weighted by atomic mass is 9.72. The van der Waals surface area contributed by atoms with Gasteiger partial charge < -0.3 is 31.4 Å². The van der Waals surface area contributed by atoms with Crippen LogP contribution in [0.3, 0.4) is 0 Å². The van der Waals surface area contributed by atoms with Gasteiger partial charge in [0, 0.05) is 23.6 Å². The molecule has 0 amide bonds. The molecule has 0 saturated heterocycles. The second-order valence-electron chi connectivity index (χ2n) is 17.1. The van der Waals surface area contributed by atoms with Crippen LogP contribution in [0, 0.1) is 22.2 Å². The van der Waals surface area contributed by atoms with Crippen molar-refractivity contribution >= 4 is 17.9 Å². The molecule has 4 aliphatic carbocycles. The number of rotatable bonds is 14. The molecule has 0 unspecified atom stereocenters. The maximum absolute atomic E-state index is 14.0. The van der Waals surface area contributed by atoms with Crippen molar-refractivity contribution in [3.63, 3.8) is 0 Å². The second-order valence-corrected chi connectivity index (χ2v) is 17.1. The summed E-state index contributed by atoms with van der Waals surface area (Å²) in [6.45, 7) is 9.66. The first-order chi connectivity index (χ1) is 24.9. The summed E-state index contributed by atoms with van der Waals surface area (Å²) in [7, 11) is 0. The van der Waals surface area contributed by atoms with E-state index in [4.69, 9.17) is 31.4 Å². The molecule has 52 heavy (non-hydrogen) atoms. The minimum absolute atomic E-state index is 0.0187. The molecule has 0 spiro atoms. The average Bonchev–Trinajstić information content (AvgIpc) is 3.12. The normalized spacial score (nSPS) is 23.9. The van der Waals surface area contributed by atoms with E-state index in [0.717, 1.165) is 115 Å². The summed E-state index contributed by atoms with van der Waals surface area (Å²) in [5.74, 6) is -0.815. The summed E-state index contributed by atoms with van der Waals surface area (Å²) in [6.07, 6.45) is 19.4. The number of benzene rings is 1. The Labute approximate surface area is 311 Å². The molecule has 3 fully saturated rings. The Balaban J connectivity index is 1.56. The van der Waals surface area contributed by atoms with Crippen LogP contribution in [-0.4, -0.2) is 37.5 Å². The number of allylic oxidation sites excluding steroid dienone is 3. The number of carbonyl (C=O) groups is 3. The largest absolute Gasteiger partial charge is 0.426 e. The van der Waals surface area contributed by atoms with Gasteiger partial charge in [-0.05, 0) is 107 Å². The summed E-state index contributed by atoms with van der Waals surface area (Å²) in [5.41, 5.74) is 20.7. The zero-order valence-electron chi connectivity index (χ0n) is 32.0. The molecule has 1 aromatic carbocycles. The van der Waals surface area contributed by atoms with E-state index >= 15 is 0 Å². The standard InChI is InChI=1S/C43H65N3O6/c1-30(2)33-14-13-31(3)21-34(33)40-35(51-38(48)25-42(28-45)17-9-5-10-18-42)22-32(50-37(47)24-41(27-44)15-7-4-8-16-41)23-36(40)52-39(49)26-43(29-46)19-11-6-12-20-43/h21-23,33-34H,1,4-20,24-29,44-46H2,2-3H3/t33-,34+/m0/s1. The van der Waals surface area contributed by atoms with Crippen LogP contribution in [0.25, 0.3) is 0 Å². The molecule has 5 rings (SSSR count). The van der Waals surface area contributed by atoms with Crippen LogP contribution < -0.4 is 31.4 Å². The molecular weight excluding hydrogens is 654 g/mol. The van der Waals surface area contributed by atoms with Gasteiger partial charge in [-0.25, -0.2) is 0 Å². The number of hydrogen-bond acceptors (Lipinski definition) is 9. The average molecular weight is 720 g/mol. The van der Waals surface area contributed by atoms with Gasteiger partial charge in [0.25, 0.3) is 0 Å². The molecule has 9 heteroatoms. The van der Waals surface area contributed by atoms with E-state index in [1.54, 1.807) is 12.1 Å². The summed E-state index contributed by atoms with van der Waals surface area (Å²) >= 11 is 0. The Kier molecular flexibility index (Phi) is 13.8. The molecule has 0 aromatic heterocycles.